The van der Waals surface area contributed by atoms with Crippen LogP contribution in [0.1, 0.15) is 41.9 Å². The number of nitrogens with zero attached hydrogens (tertiary/aromatic N) is 5. The number of benzene rings is 1. The Morgan fingerprint density at radius 3 is 2.83 bits per heavy atom. The molecule has 4 heterocycles. The molecule has 3 aromatic rings. The van der Waals surface area contributed by atoms with E-state index in [4.69, 9.17) is 4.98 Å². The van der Waals surface area contributed by atoms with Crippen molar-refractivity contribution in [1.82, 2.24) is 24.6 Å². The predicted octanol–water partition coefficient (Wildman–Crippen LogP) is 2.49. The van der Waals surface area contributed by atoms with Gasteiger partial charge >= 0.3 is 0 Å². The number of hydrogen-bond donors (Lipinski definition) is 1. The maximum Gasteiger partial charge on any atom is 0.255 e. The number of aliphatic imine (C=N–C) groups is 1. The van der Waals surface area contributed by atoms with Crippen molar-refractivity contribution in [3.63, 3.8) is 0 Å². The van der Waals surface area contributed by atoms with Crippen molar-refractivity contribution in [3.05, 3.63) is 75.7 Å². The van der Waals surface area contributed by atoms with Gasteiger partial charge in [0.2, 0.25) is 0 Å². The van der Waals surface area contributed by atoms with E-state index in [-0.39, 0.29) is 5.56 Å². The van der Waals surface area contributed by atoms with Crippen molar-refractivity contribution in [2.75, 3.05) is 13.1 Å². The monoisotopic (exact) mass is 388 g/mol. The average molecular weight is 388 g/mol. The Balaban J connectivity index is 1.32. The zero-order chi connectivity index (χ0) is 19.6. The smallest absolute Gasteiger partial charge is 0.255 e. The lowest BCUT2D eigenvalue weighted by atomic mass is 10.0. The third-order valence-corrected chi connectivity index (χ3v) is 5.61. The summed E-state index contributed by atoms with van der Waals surface area (Å²) in [4.78, 5) is 27.3. The third kappa shape index (κ3) is 3.78. The fourth-order valence-electron chi connectivity index (χ4n) is 4.07. The number of para-hydroxylation sites is 1. The summed E-state index contributed by atoms with van der Waals surface area (Å²) in [6.07, 6.45) is 7.87. The number of hydrogen-bond acceptors (Lipinski definition) is 5. The van der Waals surface area contributed by atoms with Crippen LogP contribution in [0, 0.1) is 0 Å². The van der Waals surface area contributed by atoms with Gasteiger partial charge in [0.25, 0.3) is 5.56 Å². The van der Waals surface area contributed by atoms with Crippen molar-refractivity contribution in [1.29, 1.82) is 0 Å². The summed E-state index contributed by atoms with van der Waals surface area (Å²) in [6, 6.07) is 10.1. The molecule has 0 saturated carbocycles. The van der Waals surface area contributed by atoms with Crippen LogP contribution in [0.25, 0.3) is 5.69 Å². The first kappa shape index (κ1) is 18.0. The van der Waals surface area contributed by atoms with Crippen molar-refractivity contribution in [2.24, 2.45) is 4.99 Å². The Morgan fingerprint density at radius 1 is 1.10 bits per heavy atom. The molecule has 0 radical (unpaired) electrons. The number of aromatic amines is 1. The first-order chi connectivity index (χ1) is 14.3. The van der Waals surface area contributed by atoms with E-state index in [1.807, 2.05) is 41.2 Å². The van der Waals surface area contributed by atoms with E-state index in [0.717, 1.165) is 73.5 Å². The summed E-state index contributed by atoms with van der Waals surface area (Å²) in [7, 11) is 0. The highest BCUT2D eigenvalue weighted by Crippen LogP contribution is 2.18. The minimum atomic E-state index is -0.0250. The van der Waals surface area contributed by atoms with E-state index in [9.17, 15) is 4.79 Å². The highest BCUT2D eigenvalue weighted by Gasteiger charge is 2.23. The molecule has 0 amide bonds. The number of fused-ring (bicyclic) bond motifs is 1. The molecule has 2 aliphatic rings. The molecule has 0 unspecified atom stereocenters. The molecule has 0 atom stereocenters. The van der Waals surface area contributed by atoms with Crippen molar-refractivity contribution >= 4 is 5.71 Å². The molecule has 0 fully saturated rings. The van der Waals surface area contributed by atoms with Crippen molar-refractivity contribution < 1.29 is 0 Å². The van der Waals surface area contributed by atoms with Crippen LogP contribution in [0.15, 0.2) is 52.5 Å². The average Bonchev–Trinajstić information content (AvgIpc) is 3.24. The molecule has 2 aliphatic heterocycles. The van der Waals surface area contributed by atoms with E-state index >= 15 is 0 Å². The van der Waals surface area contributed by atoms with Crippen LogP contribution in [0.4, 0.5) is 0 Å². The lowest BCUT2D eigenvalue weighted by Crippen LogP contribution is -2.36. The Morgan fingerprint density at radius 2 is 2.00 bits per heavy atom. The summed E-state index contributed by atoms with van der Waals surface area (Å²) in [6.45, 7) is 3.09. The molecule has 1 N–H and O–H groups in total. The van der Waals surface area contributed by atoms with E-state index < -0.39 is 0 Å². The zero-order valence-corrected chi connectivity index (χ0v) is 16.3. The second kappa shape index (κ2) is 7.75. The van der Waals surface area contributed by atoms with Gasteiger partial charge in [0.05, 0.1) is 28.9 Å². The minimum absolute atomic E-state index is 0.0250. The van der Waals surface area contributed by atoms with E-state index in [1.165, 1.54) is 0 Å². The highest BCUT2D eigenvalue weighted by atomic mass is 16.1. The molecule has 0 aliphatic carbocycles. The number of rotatable bonds is 4. The largest absolute Gasteiger partial charge is 0.305 e. The number of aromatic nitrogens is 4. The van der Waals surface area contributed by atoms with Crippen LogP contribution in [0.3, 0.4) is 0 Å². The van der Waals surface area contributed by atoms with E-state index in [0.29, 0.717) is 12.4 Å². The Bertz CT molecular complexity index is 1100. The molecule has 7 heteroatoms. The molecular formula is C22H24N6O. The van der Waals surface area contributed by atoms with Gasteiger partial charge in [0, 0.05) is 44.4 Å². The second-order valence-corrected chi connectivity index (χ2v) is 7.71. The summed E-state index contributed by atoms with van der Waals surface area (Å²) < 4.78 is 1.89. The molecule has 2 aromatic heterocycles. The fraction of sp³-hybridized carbons (Fsp3) is 0.364. The van der Waals surface area contributed by atoms with Crippen LogP contribution >= 0.6 is 0 Å². The topological polar surface area (TPSA) is 79.2 Å². The molecule has 148 valence electrons. The lowest BCUT2D eigenvalue weighted by Gasteiger charge is -2.27. The maximum absolute atomic E-state index is 12.7. The molecule has 1 aromatic carbocycles. The Hall–Kier alpha value is -3.06. The SMILES string of the molecule is O=c1[nH]c(C2=NCCCC2)nc2c1CN(Cc1cnn(-c3ccccc3)c1)CC2. The highest BCUT2D eigenvalue weighted by molar-refractivity contribution is 5.97. The number of H-pyrrole nitrogens is 1. The standard InChI is InChI=1S/C22H24N6O/c29-22-18-15-27(13-16-12-24-28(14-16)17-6-2-1-3-7-17)11-9-19(18)25-21(26-22)20-8-4-5-10-23-20/h1-3,6-7,12,14H,4-5,8-11,13,15H2,(H,25,26,29). The lowest BCUT2D eigenvalue weighted by molar-refractivity contribution is 0.241. The van der Waals surface area contributed by atoms with Crippen LogP contribution in [0.2, 0.25) is 0 Å². The van der Waals surface area contributed by atoms with E-state index in [1.54, 1.807) is 0 Å². The van der Waals surface area contributed by atoms with Crippen LogP contribution in [-0.4, -0.2) is 43.4 Å². The predicted molar refractivity (Wildman–Crippen MR) is 111 cm³/mol. The van der Waals surface area contributed by atoms with Crippen molar-refractivity contribution in [2.45, 2.75) is 38.8 Å². The molecule has 7 nitrogen and oxygen atoms in total. The second-order valence-electron chi connectivity index (χ2n) is 7.71. The Kier molecular flexibility index (Phi) is 4.81. The number of nitrogens with one attached hydrogen (secondary N) is 1. The normalized spacial score (nSPS) is 17.0. The minimum Gasteiger partial charge on any atom is -0.305 e. The molecule has 29 heavy (non-hydrogen) atoms. The summed E-state index contributed by atoms with van der Waals surface area (Å²) >= 11 is 0. The van der Waals surface area contributed by atoms with Crippen LogP contribution < -0.4 is 5.56 Å². The van der Waals surface area contributed by atoms with Crippen LogP contribution in [-0.2, 0) is 19.5 Å². The van der Waals surface area contributed by atoms with Gasteiger partial charge in [-0.3, -0.25) is 14.7 Å². The first-order valence-corrected chi connectivity index (χ1v) is 10.2. The van der Waals surface area contributed by atoms with Gasteiger partial charge in [0.1, 0.15) is 0 Å². The van der Waals surface area contributed by atoms with Gasteiger partial charge < -0.3 is 4.98 Å². The van der Waals surface area contributed by atoms with Gasteiger partial charge in [-0.25, -0.2) is 9.67 Å². The third-order valence-electron chi connectivity index (χ3n) is 5.61. The van der Waals surface area contributed by atoms with E-state index in [2.05, 4.69) is 26.2 Å². The first-order valence-electron chi connectivity index (χ1n) is 10.2. The van der Waals surface area contributed by atoms with Crippen molar-refractivity contribution in [3.8, 4) is 5.69 Å². The molecular weight excluding hydrogens is 364 g/mol. The van der Waals surface area contributed by atoms with Gasteiger partial charge in [-0.1, -0.05) is 18.2 Å². The zero-order valence-electron chi connectivity index (χ0n) is 16.3. The quantitative estimate of drug-likeness (QED) is 0.745. The molecule has 0 bridgehead atoms. The molecule has 0 spiro atoms. The maximum atomic E-state index is 12.7. The fourth-order valence-corrected chi connectivity index (χ4v) is 4.07. The molecule has 0 saturated heterocycles. The van der Waals surface area contributed by atoms with Gasteiger partial charge in [-0.15, -0.1) is 0 Å². The van der Waals surface area contributed by atoms with Gasteiger partial charge in [0.15, 0.2) is 5.82 Å². The molecule has 5 rings (SSSR count). The summed E-state index contributed by atoms with van der Waals surface area (Å²) in [5.41, 5.74) is 4.81. The Labute approximate surface area is 169 Å². The summed E-state index contributed by atoms with van der Waals surface area (Å²) in [5.74, 6) is 0.672. The van der Waals surface area contributed by atoms with Gasteiger partial charge in [-0.05, 0) is 31.4 Å². The van der Waals surface area contributed by atoms with Crippen LogP contribution in [0.5, 0.6) is 0 Å². The summed E-state index contributed by atoms with van der Waals surface area (Å²) in [5, 5.41) is 4.47. The van der Waals surface area contributed by atoms with Gasteiger partial charge in [-0.2, -0.15) is 5.10 Å².